The maximum atomic E-state index is 13.6. The molecular weight excluding hydrogens is 370 g/mol. The van der Waals surface area contributed by atoms with Crippen LogP contribution in [0.25, 0.3) is 10.9 Å². The second-order valence-corrected chi connectivity index (χ2v) is 8.17. The average molecular weight is 392 g/mol. The lowest BCUT2D eigenvalue weighted by Crippen LogP contribution is -2.35. The number of halogens is 1. The van der Waals surface area contributed by atoms with Crippen LogP contribution in [0, 0.1) is 6.92 Å². The maximum absolute atomic E-state index is 13.6. The summed E-state index contributed by atoms with van der Waals surface area (Å²) >= 11 is 0. The second-order valence-electron chi connectivity index (χ2n) is 6.37. The molecule has 0 fully saturated rings. The zero-order valence-corrected chi connectivity index (χ0v) is 16.4. The van der Waals surface area contributed by atoms with Crippen molar-refractivity contribution in [2.45, 2.75) is 18.4 Å². The van der Waals surface area contributed by atoms with Crippen LogP contribution in [0.4, 0.5) is 5.69 Å². The number of fused-ring (bicyclic) bond motifs is 2. The van der Waals surface area contributed by atoms with Crippen molar-refractivity contribution in [3.63, 3.8) is 0 Å². The van der Waals surface area contributed by atoms with Crippen molar-refractivity contribution in [2.24, 2.45) is 7.05 Å². The highest BCUT2D eigenvalue weighted by molar-refractivity contribution is 7.93. The number of nitrogens with one attached hydrogen (secondary N) is 1. The number of aromatic nitrogens is 1. The Morgan fingerprint density at radius 3 is 2.54 bits per heavy atom. The monoisotopic (exact) mass is 391 g/mol. The summed E-state index contributed by atoms with van der Waals surface area (Å²) in [5.41, 5.74) is 3.46. The van der Waals surface area contributed by atoms with E-state index in [4.69, 9.17) is 0 Å². The van der Waals surface area contributed by atoms with Gasteiger partial charge in [-0.2, -0.15) is 0 Å². The first kappa shape index (κ1) is 18.8. The van der Waals surface area contributed by atoms with Gasteiger partial charge in [-0.05, 0) is 24.6 Å². The van der Waals surface area contributed by atoms with E-state index in [0.29, 0.717) is 24.5 Å². The second kappa shape index (κ2) is 6.95. The summed E-state index contributed by atoms with van der Waals surface area (Å²) in [7, 11) is -1.75. The summed E-state index contributed by atoms with van der Waals surface area (Å²) < 4.78 is 30.8. The maximum Gasteiger partial charge on any atom is 0.266 e. The Morgan fingerprint density at radius 1 is 1.04 bits per heavy atom. The smallest absolute Gasteiger partial charge is 0.266 e. The van der Waals surface area contributed by atoms with E-state index in [0.717, 1.165) is 27.8 Å². The number of hydrogen-bond donors (Lipinski definition) is 1. The fourth-order valence-electron chi connectivity index (χ4n) is 3.60. The highest BCUT2D eigenvalue weighted by Gasteiger charge is 2.32. The van der Waals surface area contributed by atoms with E-state index in [1.807, 2.05) is 67.1 Å². The molecule has 0 saturated heterocycles. The number of hydrogen-bond acceptors (Lipinski definition) is 3. The molecule has 0 bridgehead atoms. The molecule has 0 unspecified atom stereocenters. The van der Waals surface area contributed by atoms with Gasteiger partial charge in [-0.1, -0.05) is 36.4 Å². The first-order chi connectivity index (χ1) is 12.0. The van der Waals surface area contributed by atoms with Crippen molar-refractivity contribution in [1.82, 2.24) is 9.88 Å². The van der Waals surface area contributed by atoms with E-state index in [1.165, 1.54) is 0 Å². The van der Waals surface area contributed by atoms with Gasteiger partial charge in [0.25, 0.3) is 10.0 Å². The number of anilines is 1. The predicted octanol–water partition coefficient (Wildman–Crippen LogP) is 3.21. The highest BCUT2D eigenvalue weighted by Crippen LogP contribution is 2.34. The summed E-state index contributed by atoms with van der Waals surface area (Å²) in [6.07, 6.45) is 0. The third-order valence-electron chi connectivity index (χ3n) is 4.96. The lowest BCUT2D eigenvalue weighted by molar-refractivity contribution is 0.589. The topological polar surface area (TPSA) is 54.3 Å². The van der Waals surface area contributed by atoms with Crippen LogP contribution in [0.2, 0.25) is 0 Å². The molecule has 0 atom stereocenters. The molecule has 0 radical (unpaired) electrons. The Bertz CT molecular complexity index is 1060. The van der Waals surface area contributed by atoms with Crippen molar-refractivity contribution in [1.29, 1.82) is 0 Å². The van der Waals surface area contributed by atoms with E-state index >= 15 is 0 Å². The molecule has 1 N–H and O–H groups in total. The van der Waals surface area contributed by atoms with E-state index < -0.39 is 10.0 Å². The molecule has 5 nitrogen and oxygen atoms in total. The largest absolute Gasteiger partial charge is 0.347 e. The minimum absolute atomic E-state index is 0. The number of benzene rings is 2. The van der Waals surface area contributed by atoms with Crippen LogP contribution >= 0.6 is 12.4 Å². The van der Waals surface area contributed by atoms with Crippen molar-refractivity contribution < 1.29 is 8.42 Å². The normalized spacial score (nSPS) is 14.6. The Labute approximate surface area is 160 Å². The van der Waals surface area contributed by atoms with E-state index in [2.05, 4.69) is 5.32 Å². The van der Waals surface area contributed by atoms with Gasteiger partial charge in [-0.15, -0.1) is 12.4 Å². The molecule has 26 heavy (non-hydrogen) atoms. The summed E-state index contributed by atoms with van der Waals surface area (Å²) in [5, 5.41) is 4.08. The first-order valence-corrected chi connectivity index (χ1v) is 9.81. The molecule has 0 aliphatic carbocycles. The summed E-state index contributed by atoms with van der Waals surface area (Å²) in [6, 6.07) is 15.4. The third-order valence-corrected chi connectivity index (χ3v) is 6.95. The predicted molar refractivity (Wildman–Crippen MR) is 108 cm³/mol. The van der Waals surface area contributed by atoms with Gasteiger partial charge >= 0.3 is 0 Å². The lowest BCUT2D eigenvalue weighted by Gasteiger charge is -2.24. The highest BCUT2D eigenvalue weighted by atomic mass is 35.5. The Hall–Kier alpha value is -2.02. The molecule has 3 aromatic rings. The van der Waals surface area contributed by atoms with Gasteiger partial charge in [-0.25, -0.2) is 8.42 Å². The Balaban J connectivity index is 0.00000196. The summed E-state index contributed by atoms with van der Waals surface area (Å²) in [4.78, 5) is 0.405. The standard InChI is InChI=1S/C19H21N3O2S.ClH/c1-14-19(16-8-4-6-10-18(16)21(14)2)25(23,24)22-12-11-20-13-15-7-3-5-9-17(15)22;/h3-10,20H,11-13H2,1-2H3;1H. The van der Waals surface area contributed by atoms with Crippen LogP contribution in [-0.2, 0) is 23.6 Å². The number of nitrogens with zero attached hydrogens (tertiary/aromatic N) is 2. The van der Waals surface area contributed by atoms with Crippen LogP contribution in [0.5, 0.6) is 0 Å². The summed E-state index contributed by atoms with van der Waals surface area (Å²) in [5.74, 6) is 0. The molecular formula is C19H22ClN3O2S. The fraction of sp³-hybridized carbons (Fsp3) is 0.263. The first-order valence-electron chi connectivity index (χ1n) is 8.37. The van der Waals surface area contributed by atoms with Crippen molar-refractivity contribution in [3.8, 4) is 0 Å². The minimum atomic E-state index is -3.66. The van der Waals surface area contributed by atoms with Crippen molar-refractivity contribution in [2.75, 3.05) is 17.4 Å². The molecule has 1 aliphatic heterocycles. The van der Waals surface area contributed by atoms with Gasteiger partial charge in [-0.3, -0.25) is 4.31 Å². The SMILES string of the molecule is Cc1c(S(=O)(=O)N2CCNCc3ccccc32)c2ccccc2n1C.Cl. The zero-order valence-electron chi connectivity index (χ0n) is 14.8. The molecule has 1 aliphatic rings. The van der Waals surface area contributed by atoms with Gasteiger partial charge in [0.2, 0.25) is 0 Å². The molecule has 7 heteroatoms. The third kappa shape index (κ3) is 2.78. The van der Waals surface area contributed by atoms with Crippen LogP contribution in [0.1, 0.15) is 11.3 Å². The van der Waals surface area contributed by atoms with Crippen LogP contribution < -0.4 is 9.62 Å². The van der Waals surface area contributed by atoms with E-state index in [-0.39, 0.29) is 12.4 Å². The lowest BCUT2D eigenvalue weighted by atomic mass is 10.2. The molecule has 0 saturated carbocycles. The molecule has 138 valence electrons. The quantitative estimate of drug-likeness (QED) is 0.729. The average Bonchev–Trinajstić information content (AvgIpc) is 2.77. The zero-order chi connectivity index (χ0) is 17.6. The molecule has 1 aromatic heterocycles. The van der Waals surface area contributed by atoms with Crippen molar-refractivity contribution >= 4 is 39.0 Å². The Kier molecular flexibility index (Phi) is 5.01. The number of aryl methyl sites for hydroxylation is 1. The van der Waals surface area contributed by atoms with Crippen molar-refractivity contribution in [3.05, 3.63) is 59.8 Å². The number of sulfonamides is 1. The van der Waals surface area contributed by atoms with Crippen LogP contribution in [0.15, 0.2) is 53.4 Å². The molecule has 4 rings (SSSR count). The fourth-order valence-corrected chi connectivity index (χ4v) is 5.55. The Morgan fingerprint density at radius 2 is 1.73 bits per heavy atom. The van der Waals surface area contributed by atoms with Gasteiger partial charge in [0.15, 0.2) is 0 Å². The van der Waals surface area contributed by atoms with Gasteiger partial charge in [0.05, 0.1) is 5.69 Å². The van der Waals surface area contributed by atoms with E-state index in [9.17, 15) is 8.42 Å². The van der Waals surface area contributed by atoms with Crippen LogP contribution in [-0.4, -0.2) is 26.1 Å². The molecule has 2 aromatic carbocycles. The number of para-hydroxylation sites is 2. The number of rotatable bonds is 2. The van der Waals surface area contributed by atoms with E-state index in [1.54, 1.807) is 4.31 Å². The minimum Gasteiger partial charge on any atom is -0.347 e. The molecule has 0 spiro atoms. The summed E-state index contributed by atoms with van der Waals surface area (Å²) in [6.45, 7) is 3.59. The van der Waals surface area contributed by atoms with Gasteiger partial charge < -0.3 is 9.88 Å². The van der Waals surface area contributed by atoms with Gasteiger partial charge in [0, 0.05) is 43.3 Å². The van der Waals surface area contributed by atoms with Gasteiger partial charge in [0.1, 0.15) is 4.90 Å². The molecule has 2 heterocycles. The molecule has 0 amide bonds. The van der Waals surface area contributed by atoms with Crippen LogP contribution in [0.3, 0.4) is 0 Å².